The molecule has 180 valence electrons. The van der Waals surface area contributed by atoms with E-state index in [-0.39, 0.29) is 12.0 Å². The van der Waals surface area contributed by atoms with Crippen LogP contribution in [-0.2, 0) is 11.3 Å². The minimum Gasteiger partial charge on any atom is -0.491 e. The van der Waals surface area contributed by atoms with Gasteiger partial charge in [-0.2, -0.15) is 0 Å². The maximum Gasteiger partial charge on any atom is 0.254 e. The predicted octanol–water partition coefficient (Wildman–Crippen LogP) is 5.11. The van der Waals surface area contributed by atoms with Crippen molar-refractivity contribution >= 4 is 5.91 Å². The molecule has 4 rings (SSSR count). The highest BCUT2D eigenvalue weighted by Crippen LogP contribution is 2.38. The van der Waals surface area contributed by atoms with Crippen LogP contribution in [0, 0.1) is 17.8 Å². The van der Waals surface area contributed by atoms with Gasteiger partial charge < -0.3 is 19.5 Å². The van der Waals surface area contributed by atoms with E-state index in [1.807, 2.05) is 29.2 Å². The summed E-state index contributed by atoms with van der Waals surface area (Å²) in [5.41, 5.74) is 2.38. The summed E-state index contributed by atoms with van der Waals surface area (Å²) in [6.07, 6.45) is 6.31. The summed E-state index contributed by atoms with van der Waals surface area (Å²) in [6.45, 7) is 4.73. The Hall–Kier alpha value is -2.81. The van der Waals surface area contributed by atoms with E-state index in [2.05, 4.69) is 24.0 Å². The number of nitrogens with zero attached hydrogens (tertiary/aromatic N) is 1. The number of carbonyl (C=O) groups is 1. The zero-order chi connectivity index (χ0) is 24.1. The number of ether oxygens (including phenoxy) is 2. The Morgan fingerprint density at radius 3 is 2.71 bits per heavy atom. The smallest absolute Gasteiger partial charge is 0.254 e. The Labute approximate surface area is 203 Å². The number of fused-ring (bicyclic) bond motifs is 1. The van der Waals surface area contributed by atoms with E-state index < -0.39 is 5.60 Å². The molecule has 5 nitrogen and oxygen atoms in total. The molecule has 1 atom stereocenters. The lowest BCUT2D eigenvalue weighted by Gasteiger charge is -2.30. The summed E-state index contributed by atoms with van der Waals surface area (Å²) >= 11 is 0. The van der Waals surface area contributed by atoms with Crippen LogP contribution >= 0.6 is 0 Å². The number of carbonyl (C=O) groups excluding carboxylic acids is 1. The van der Waals surface area contributed by atoms with Crippen LogP contribution < -0.4 is 4.74 Å². The summed E-state index contributed by atoms with van der Waals surface area (Å²) in [5, 5.41) is 9.88. The topological polar surface area (TPSA) is 59.0 Å². The van der Waals surface area contributed by atoms with Gasteiger partial charge in [0, 0.05) is 30.3 Å². The standard InChI is InChI=1S/C29H35NO4/c1-29(2,32)15-14-21-8-7-11-24(18-21)28(31)30-16-17-34-26-13-12-23(19-25(26)20-30)27(33-3)22-9-5-4-6-10-22/h7-8,11-13,18-19,22,27,32H,4-6,9-10,16-17,20H2,1-3H3/t27-/m1/s1. The molecule has 2 aromatic carbocycles. The molecule has 0 bridgehead atoms. The molecule has 1 fully saturated rings. The monoisotopic (exact) mass is 461 g/mol. The van der Waals surface area contributed by atoms with Gasteiger partial charge in [0.05, 0.1) is 12.6 Å². The van der Waals surface area contributed by atoms with Crippen LogP contribution in [0.2, 0.25) is 0 Å². The maximum absolute atomic E-state index is 13.4. The lowest BCUT2D eigenvalue weighted by molar-refractivity contribution is 0.0353. The van der Waals surface area contributed by atoms with Gasteiger partial charge in [-0.1, -0.05) is 43.2 Å². The lowest BCUT2D eigenvalue weighted by Crippen LogP contribution is -2.32. The van der Waals surface area contributed by atoms with Crippen molar-refractivity contribution in [2.45, 2.75) is 64.2 Å². The van der Waals surface area contributed by atoms with Gasteiger partial charge in [-0.3, -0.25) is 4.79 Å². The van der Waals surface area contributed by atoms with Gasteiger partial charge in [-0.05, 0) is 68.5 Å². The van der Waals surface area contributed by atoms with Crippen LogP contribution in [-0.4, -0.2) is 41.8 Å². The maximum atomic E-state index is 13.4. The fraction of sp³-hybridized carbons (Fsp3) is 0.483. The largest absolute Gasteiger partial charge is 0.491 e. The van der Waals surface area contributed by atoms with E-state index in [1.54, 1.807) is 27.0 Å². The molecular weight excluding hydrogens is 426 g/mol. The Morgan fingerprint density at radius 2 is 1.97 bits per heavy atom. The molecule has 0 radical (unpaired) electrons. The van der Waals surface area contributed by atoms with Crippen LogP contribution in [0.5, 0.6) is 5.75 Å². The van der Waals surface area contributed by atoms with Crippen molar-refractivity contribution in [3.8, 4) is 17.6 Å². The van der Waals surface area contributed by atoms with Gasteiger partial charge >= 0.3 is 0 Å². The second-order valence-electron chi connectivity index (χ2n) is 9.89. The summed E-state index contributed by atoms with van der Waals surface area (Å²) in [6, 6.07) is 13.6. The second-order valence-corrected chi connectivity index (χ2v) is 9.89. The van der Waals surface area contributed by atoms with E-state index in [1.165, 1.54) is 32.1 Å². The first kappa shape index (κ1) is 24.3. The number of benzene rings is 2. The van der Waals surface area contributed by atoms with Crippen molar-refractivity contribution < 1.29 is 19.4 Å². The Kier molecular flexibility index (Phi) is 7.60. The van der Waals surface area contributed by atoms with E-state index in [0.29, 0.717) is 36.7 Å². The van der Waals surface area contributed by atoms with Gasteiger partial charge in [-0.15, -0.1) is 0 Å². The average molecular weight is 462 g/mol. The van der Waals surface area contributed by atoms with Gasteiger partial charge in [0.1, 0.15) is 18.0 Å². The van der Waals surface area contributed by atoms with E-state index >= 15 is 0 Å². The van der Waals surface area contributed by atoms with Gasteiger partial charge in [0.15, 0.2) is 0 Å². The first-order valence-electron chi connectivity index (χ1n) is 12.3. The van der Waals surface area contributed by atoms with E-state index in [9.17, 15) is 9.90 Å². The molecule has 5 heteroatoms. The van der Waals surface area contributed by atoms with Crippen molar-refractivity contribution in [3.63, 3.8) is 0 Å². The van der Waals surface area contributed by atoms with Crippen molar-refractivity contribution in [1.29, 1.82) is 0 Å². The van der Waals surface area contributed by atoms with Crippen molar-refractivity contribution in [3.05, 3.63) is 64.7 Å². The minimum absolute atomic E-state index is 0.0515. The molecule has 0 spiro atoms. The number of aliphatic hydroxyl groups is 1. The molecular formula is C29H35NO4. The number of rotatable bonds is 4. The van der Waals surface area contributed by atoms with Crippen molar-refractivity contribution in [1.82, 2.24) is 4.90 Å². The normalized spacial score (nSPS) is 17.6. The summed E-state index contributed by atoms with van der Waals surface area (Å²) < 4.78 is 11.9. The number of methoxy groups -OCH3 is 1. The Morgan fingerprint density at radius 1 is 1.18 bits per heavy atom. The Balaban J connectivity index is 1.55. The first-order valence-corrected chi connectivity index (χ1v) is 12.3. The SMILES string of the molecule is CO[C@@H](c1ccc2c(c1)CN(C(=O)c1cccc(C#CC(C)(C)O)c1)CCO2)C1CCCCC1. The fourth-order valence-electron chi connectivity index (χ4n) is 4.94. The van der Waals surface area contributed by atoms with Crippen molar-refractivity contribution in [2.24, 2.45) is 5.92 Å². The fourth-order valence-corrected chi connectivity index (χ4v) is 4.94. The molecule has 2 aromatic rings. The minimum atomic E-state index is -1.08. The van der Waals surface area contributed by atoms with Crippen LogP contribution in [0.4, 0.5) is 0 Å². The molecule has 0 saturated heterocycles. The summed E-state index contributed by atoms with van der Waals surface area (Å²) in [5.74, 6) is 7.08. The zero-order valence-corrected chi connectivity index (χ0v) is 20.5. The zero-order valence-electron chi connectivity index (χ0n) is 20.5. The van der Waals surface area contributed by atoms with Gasteiger partial charge in [0.25, 0.3) is 5.91 Å². The molecule has 34 heavy (non-hydrogen) atoms. The lowest BCUT2D eigenvalue weighted by atomic mass is 9.82. The van der Waals surface area contributed by atoms with E-state index in [0.717, 1.165) is 16.9 Å². The summed E-state index contributed by atoms with van der Waals surface area (Å²) in [7, 11) is 1.80. The van der Waals surface area contributed by atoms with Gasteiger partial charge in [0.2, 0.25) is 0 Å². The first-order chi connectivity index (χ1) is 16.3. The quantitative estimate of drug-likeness (QED) is 0.643. The van der Waals surface area contributed by atoms with Gasteiger partial charge in [-0.25, -0.2) is 0 Å². The Bertz CT molecular complexity index is 1070. The number of amides is 1. The predicted molar refractivity (Wildman–Crippen MR) is 133 cm³/mol. The molecule has 1 saturated carbocycles. The van der Waals surface area contributed by atoms with Crippen LogP contribution in [0.15, 0.2) is 42.5 Å². The molecule has 1 aliphatic heterocycles. The molecule has 1 aliphatic carbocycles. The van der Waals surface area contributed by atoms with Crippen LogP contribution in [0.1, 0.15) is 79.1 Å². The third kappa shape index (κ3) is 6.00. The summed E-state index contributed by atoms with van der Waals surface area (Å²) in [4.78, 5) is 15.2. The molecule has 0 aromatic heterocycles. The van der Waals surface area contributed by atoms with Crippen LogP contribution in [0.25, 0.3) is 0 Å². The highest BCUT2D eigenvalue weighted by molar-refractivity contribution is 5.94. The molecule has 1 N–H and O–H groups in total. The molecule has 1 heterocycles. The molecule has 0 unspecified atom stereocenters. The highest BCUT2D eigenvalue weighted by Gasteiger charge is 2.27. The third-order valence-corrected chi connectivity index (χ3v) is 6.63. The number of hydrogen-bond acceptors (Lipinski definition) is 4. The molecule has 2 aliphatic rings. The highest BCUT2D eigenvalue weighted by atomic mass is 16.5. The second kappa shape index (κ2) is 10.6. The average Bonchev–Trinajstić information content (AvgIpc) is 3.05. The van der Waals surface area contributed by atoms with Crippen molar-refractivity contribution in [2.75, 3.05) is 20.3 Å². The molecule has 1 amide bonds. The third-order valence-electron chi connectivity index (χ3n) is 6.63. The number of hydrogen-bond donors (Lipinski definition) is 1. The van der Waals surface area contributed by atoms with Crippen LogP contribution in [0.3, 0.4) is 0 Å². The van der Waals surface area contributed by atoms with E-state index in [4.69, 9.17) is 9.47 Å².